The molecule has 1 amide bonds. The Kier molecular flexibility index (Phi) is 4.40. The van der Waals surface area contributed by atoms with Crippen LogP contribution in [0.2, 0.25) is 0 Å². The van der Waals surface area contributed by atoms with E-state index in [2.05, 4.69) is 10.2 Å². The summed E-state index contributed by atoms with van der Waals surface area (Å²) in [7, 11) is 0. The predicted octanol–water partition coefficient (Wildman–Crippen LogP) is 2.18. The van der Waals surface area contributed by atoms with Crippen LogP contribution in [-0.2, 0) is 9.53 Å². The summed E-state index contributed by atoms with van der Waals surface area (Å²) in [5.41, 5.74) is 0. The predicted molar refractivity (Wildman–Crippen MR) is 85.5 cm³/mol. The van der Waals surface area contributed by atoms with E-state index in [4.69, 9.17) is 4.74 Å². The zero-order valence-electron chi connectivity index (χ0n) is 13.6. The fourth-order valence-electron chi connectivity index (χ4n) is 5.50. The minimum Gasteiger partial charge on any atom is -0.378 e. The molecule has 5 unspecified atom stereocenters. The fourth-order valence-corrected chi connectivity index (χ4v) is 5.50. The van der Waals surface area contributed by atoms with Gasteiger partial charge in [-0.05, 0) is 56.3 Å². The van der Waals surface area contributed by atoms with Crippen molar-refractivity contribution >= 4 is 5.91 Å². The Bertz CT molecular complexity index is 408. The van der Waals surface area contributed by atoms with Crippen LogP contribution in [0, 0.1) is 17.8 Å². The molecule has 22 heavy (non-hydrogen) atoms. The van der Waals surface area contributed by atoms with Crippen molar-refractivity contribution in [2.45, 2.75) is 63.5 Å². The third-order valence-electron chi connectivity index (χ3n) is 6.58. The van der Waals surface area contributed by atoms with E-state index in [0.717, 1.165) is 37.5 Å². The molecule has 0 aromatic carbocycles. The number of carbonyl (C=O) groups excluding carboxylic acids is 1. The molecule has 4 fully saturated rings. The van der Waals surface area contributed by atoms with Gasteiger partial charge in [0.2, 0.25) is 5.91 Å². The number of hydrogen-bond donors (Lipinski definition) is 1. The van der Waals surface area contributed by atoms with Crippen molar-refractivity contribution < 1.29 is 9.53 Å². The van der Waals surface area contributed by atoms with Crippen molar-refractivity contribution in [1.82, 2.24) is 10.2 Å². The number of rotatable bonds is 4. The van der Waals surface area contributed by atoms with Crippen LogP contribution >= 0.6 is 0 Å². The quantitative estimate of drug-likeness (QED) is 0.865. The zero-order valence-corrected chi connectivity index (χ0v) is 13.6. The van der Waals surface area contributed by atoms with E-state index >= 15 is 0 Å². The van der Waals surface area contributed by atoms with Gasteiger partial charge in [-0.1, -0.05) is 6.42 Å². The number of nitrogens with one attached hydrogen (secondary N) is 1. The Balaban J connectivity index is 1.31. The molecule has 0 radical (unpaired) electrons. The maximum Gasteiger partial charge on any atom is 0.224 e. The molecule has 2 aliphatic carbocycles. The molecule has 124 valence electrons. The summed E-state index contributed by atoms with van der Waals surface area (Å²) in [6.07, 6.45) is 10.2. The highest BCUT2D eigenvalue weighted by Crippen LogP contribution is 2.50. The molecule has 0 spiro atoms. The van der Waals surface area contributed by atoms with Gasteiger partial charge < -0.3 is 15.0 Å². The van der Waals surface area contributed by atoms with E-state index in [1.807, 2.05) is 0 Å². The second-order valence-corrected chi connectivity index (χ2v) is 7.98. The van der Waals surface area contributed by atoms with Crippen LogP contribution < -0.4 is 5.32 Å². The van der Waals surface area contributed by atoms with Crippen LogP contribution in [0.5, 0.6) is 0 Å². The summed E-state index contributed by atoms with van der Waals surface area (Å²) in [4.78, 5) is 14.9. The summed E-state index contributed by atoms with van der Waals surface area (Å²) in [5.74, 6) is 3.27. The molecule has 1 N–H and O–H groups in total. The van der Waals surface area contributed by atoms with E-state index in [1.165, 1.54) is 44.9 Å². The van der Waals surface area contributed by atoms with Gasteiger partial charge >= 0.3 is 0 Å². The lowest BCUT2D eigenvalue weighted by molar-refractivity contribution is -0.133. The summed E-state index contributed by atoms with van der Waals surface area (Å²) in [6.45, 7) is 3.34. The monoisotopic (exact) mass is 306 g/mol. The summed E-state index contributed by atoms with van der Waals surface area (Å²) >= 11 is 0. The van der Waals surface area contributed by atoms with Crippen LogP contribution in [-0.4, -0.2) is 49.2 Å². The first-order chi connectivity index (χ1) is 10.8. The number of likely N-dealkylation sites (tertiary alicyclic amines) is 1. The number of amides is 1. The minimum absolute atomic E-state index is 0.227. The lowest BCUT2D eigenvalue weighted by Crippen LogP contribution is -2.46. The standard InChI is InChI=1S/C18H30N2O2/c21-18(11-16-12-22-7-5-19-16)20-6-1-2-17(20)10-15-9-13-3-4-14(15)8-13/h13-17,19H,1-12H2. The van der Waals surface area contributed by atoms with E-state index in [0.29, 0.717) is 25.0 Å². The van der Waals surface area contributed by atoms with Gasteiger partial charge in [-0.3, -0.25) is 4.79 Å². The Labute approximate surface area is 134 Å². The summed E-state index contributed by atoms with van der Waals surface area (Å²) in [6, 6.07) is 0.756. The molecule has 2 heterocycles. The molecule has 0 aromatic rings. The van der Waals surface area contributed by atoms with Crippen LogP contribution in [0.4, 0.5) is 0 Å². The smallest absolute Gasteiger partial charge is 0.224 e. The normalized spacial score (nSPS) is 41.3. The van der Waals surface area contributed by atoms with Gasteiger partial charge in [0.1, 0.15) is 0 Å². The average Bonchev–Trinajstić information content (AvgIpc) is 3.24. The van der Waals surface area contributed by atoms with Crippen molar-refractivity contribution in [3.8, 4) is 0 Å². The molecule has 2 saturated heterocycles. The van der Waals surface area contributed by atoms with Crippen molar-refractivity contribution in [3.63, 3.8) is 0 Å². The summed E-state index contributed by atoms with van der Waals surface area (Å²) < 4.78 is 5.48. The first-order valence-electron chi connectivity index (χ1n) is 9.40. The van der Waals surface area contributed by atoms with Crippen LogP contribution in [0.3, 0.4) is 0 Å². The molecule has 2 saturated carbocycles. The number of carbonyl (C=O) groups is 1. The molecule has 4 heteroatoms. The average molecular weight is 306 g/mol. The summed E-state index contributed by atoms with van der Waals surface area (Å²) in [5, 5.41) is 3.41. The largest absolute Gasteiger partial charge is 0.378 e. The van der Waals surface area contributed by atoms with E-state index in [1.54, 1.807) is 0 Å². The number of morpholine rings is 1. The lowest BCUT2D eigenvalue weighted by Gasteiger charge is -2.32. The second kappa shape index (κ2) is 6.48. The number of hydrogen-bond acceptors (Lipinski definition) is 3. The van der Waals surface area contributed by atoms with Crippen molar-refractivity contribution in [2.75, 3.05) is 26.3 Å². The molecule has 4 rings (SSSR count). The number of nitrogens with zero attached hydrogens (tertiary/aromatic N) is 1. The third kappa shape index (κ3) is 3.05. The van der Waals surface area contributed by atoms with Gasteiger partial charge in [-0.2, -0.15) is 0 Å². The molecule has 5 atom stereocenters. The van der Waals surface area contributed by atoms with E-state index in [-0.39, 0.29) is 6.04 Å². The first-order valence-corrected chi connectivity index (χ1v) is 9.40. The first kappa shape index (κ1) is 14.9. The minimum atomic E-state index is 0.227. The molecule has 4 aliphatic rings. The molecular formula is C18H30N2O2. The Morgan fingerprint density at radius 2 is 2.18 bits per heavy atom. The maximum atomic E-state index is 12.7. The van der Waals surface area contributed by atoms with Crippen molar-refractivity contribution in [3.05, 3.63) is 0 Å². The Morgan fingerprint density at radius 1 is 1.23 bits per heavy atom. The van der Waals surface area contributed by atoms with E-state index in [9.17, 15) is 4.79 Å². The molecule has 2 aliphatic heterocycles. The van der Waals surface area contributed by atoms with Crippen LogP contribution in [0.15, 0.2) is 0 Å². The van der Waals surface area contributed by atoms with Gasteiger partial charge in [-0.15, -0.1) is 0 Å². The Hall–Kier alpha value is -0.610. The molecule has 0 aromatic heterocycles. The number of fused-ring (bicyclic) bond motifs is 2. The van der Waals surface area contributed by atoms with Gasteiger partial charge in [0.15, 0.2) is 0 Å². The lowest BCUT2D eigenvalue weighted by atomic mass is 9.83. The molecular weight excluding hydrogens is 276 g/mol. The molecule has 4 nitrogen and oxygen atoms in total. The topological polar surface area (TPSA) is 41.6 Å². The van der Waals surface area contributed by atoms with Crippen molar-refractivity contribution in [2.24, 2.45) is 17.8 Å². The number of ether oxygens (including phenoxy) is 1. The second-order valence-electron chi connectivity index (χ2n) is 7.98. The van der Waals surface area contributed by atoms with Gasteiger partial charge in [-0.25, -0.2) is 0 Å². The fraction of sp³-hybridized carbons (Fsp3) is 0.944. The Morgan fingerprint density at radius 3 is 2.91 bits per heavy atom. The SMILES string of the molecule is O=C(CC1COCCN1)N1CCCC1CC1CC2CCC1C2. The highest BCUT2D eigenvalue weighted by molar-refractivity contribution is 5.77. The highest BCUT2D eigenvalue weighted by Gasteiger charge is 2.42. The van der Waals surface area contributed by atoms with Crippen LogP contribution in [0.1, 0.15) is 51.4 Å². The van der Waals surface area contributed by atoms with Gasteiger partial charge in [0.25, 0.3) is 0 Å². The maximum absolute atomic E-state index is 12.7. The van der Waals surface area contributed by atoms with Crippen molar-refractivity contribution in [1.29, 1.82) is 0 Å². The van der Waals surface area contributed by atoms with Crippen LogP contribution in [0.25, 0.3) is 0 Å². The molecule has 2 bridgehead atoms. The van der Waals surface area contributed by atoms with E-state index < -0.39 is 0 Å². The third-order valence-corrected chi connectivity index (χ3v) is 6.58. The van der Waals surface area contributed by atoms with Gasteiger partial charge in [0, 0.05) is 31.6 Å². The highest BCUT2D eigenvalue weighted by atomic mass is 16.5. The van der Waals surface area contributed by atoms with Gasteiger partial charge in [0.05, 0.1) is 13.2 Å². The zero-order chi connectivity index (χ0) is 14.9.